The van der Waals surface area contributed by atoms with Gasteiger partial charge in [0, 0.05) is 17.6 Å². The first-order valence-corrected chi connectivity index (χ1v) is 7.31. The molecular weight excluding hydrogens is 356 g/mol. The molecule has 112 valence electrons. The van der Waals surface area contributed by atoms with Crippen molar-refractivity contribution in [2.24, 2.45) is 5.73 Å². The first-order chi connectivity index (χ1) is 9.69. The zero-order valence-electron chi connectivity index (χ0n) is 11.3. The number of hydrogen-bond donors (Lipinski definition) is 1. The quantitative estimate of drug-likeness (QED) is 0.882. The van der Waals surface area contributed by atoms with Crippen LogP contribution in [-0.2, 0) is 19.5 Å². The highest BCUT2D eigenvalue weighted by molar-refractivity contribution is 9.10. The summed E-state index contributed by atoms with van der Waals surface area (Å²) in [5.41, 5.74) is 8.56. The molecule has 0 unspecified atom stereocenters. The Morgan fingerprint density at radius 2 is 2.24 bits per heavy atom. The summed E-state index contributed by atoms with van der Waals surface area (Å²) in [6, 6.07) is 7.83. The first-order valence-electron chi connectivity index (χ1n) is 6.52. The van der Waals surface area contributed by atoms with Crippen LogP contribution in [0, 0.1) is 0 Å². The van der Waals surface area contributed by atoms with Gasteiger partial charge in [-0.15, -0.1) is 12.4 Å². The molecule has 1 aliphatic heterocycles. The van der Waals surface area contributed by atoms with Crippen LogP contribution in [0.25, 0.3) is 0 Å². The Kier molecular flexibility index (Phi) is 5.08. The highest BCUT2D eigenvalue weighted by Crippen LogP contribution is 2.27. The van der Waals surface area contributed by atoms with Crippen LogP contribution in [0.15, 0.2) is 39.4 Å². The second kappa shape index (κ2) is 6.64. The van der Waals surface area contributed by atoms with E-state index in [4.69, 9.17) is 10.2 Å². The van der Waals surface area contributed by atoms with Gasteiger partial charge in [-0.1, -0.05) is 28.1 Å². The van der Waals surface area contributed by atoms with E-state index >= 15 is 0 Å². The maximum Gasteiger partial charge on any atom is 0.257 e. The monoisotopic (exact) mass is 370 g/mol. The van der Waals surface area contributed by atoms with Gasteiger partial charge in [0.2, 0.25) is 0 Å². The van der Waals surface area contributed by atoms with Crippen LogP contribution in [0.4, 0.5) is 0 Å². The van der Waals surface area contributed by atoms with Crippen LogP contribution in [-0.4, -0.2) is 17.4 Å². The molecule has 1 aromatic carbocycles. The maximum absolute atomic E-state index is 12.4. The van der Waals surface area contributed by atoms with Crippen LogP contribution in [0.3, 0.4) is 0 Å². The van der Waals surface area contributed by atoms with Crippen LogP contribution >= 0.6 is 28.3 Å². The van der Waals surface area contributed by atoms with E-state index in [2.05, 4.69) is 22.0 Å². The molecule has 1 amide bonds. The van der Waals surface area contributed by atoms with Crippen molar-refractivity contribution < 1.29 is 9.21 Å². The van der Waals surface area contributed by atoms with Crippen molar-refractivity contribution in [2.45, 2.75) is 19.5 Å². The number of carbonyl (C=O) groups is 1. The Morgan fingerprint density at radius 3 is 2.95 bits per heavy atom. The lowest BCUT2D eigenvalue weighted by molar-refractivity contribution is 0.0734. The molecule has 2 aromatic rings. The lowest BCUT2D eigenvalue weighted by Gasteiger charge is -2.29. The van der Waals surface area contributed by atoms with E-state index in [0.717, 1.165) is 17.4 Å². The number of carbonyl (C=O) groups excluding carboxylic acids is 1. The van der Waals surface area contributed by atoms with Crippen molar-refractivity contribution in [2.75, 3.05) is 6.54 Å². The molecule has 0 aliphatic carbocycles. The van der Waals surface area contributed by atoms with Gasteiger partial charge in [-0.3, -0.25) is 4.79 Å². The predicted octanol–water partition coefficient (Wildman–Crippen LogP) is 3.12. The average molecular weight is 372 g/mol. The summed E-state index contributed by atoms with van der Waals surface area (Å²) in [5, 5.41) is 0. The molecule has 4 nitrogen and oxygen atoms in total. The molecule has 3 rings (SSSR count). The lowest BCUT2D eigenvalue weighted by atomic mass is 9.99. The van der Waals surface area contributed by atoms with E-state index in [1.807, 2.05) is 17.0 Å². The smallest absolute Gasteiger partial charge is 0.257 e. The molecule has 21 heavy (non-hydrogen) atoms. The van der Waals surface area contributed by atoms with Gasteiger partial charge in [-0.05, 0) is 29.7 Å². The molecular formula is C15H16BrClN2O2. The highest BCUT2D eigenvalue weighted by Gasteiger charge is 2.23. The number of nitrogens with two attached hydrogens (primary N) is 1. The molecule has 1 aliphatic rings. The van der Waals surface area contributed by atoms with Gasteiger partial charge in [-0.25, -0.2) is 0 Å². The Bertz CT molecular complexity index is 657. The third kappa shape index (κ3) is 3.15. The Balaban J connectivity index is 0.00000161. The Hall–Kier alpha value is -1.30. The number of benzene rings is 1. The number of furan rings is 1. The number of hydrogen-bond acceptors (Lipinski definition) is 3. The zero-order chi connectivity index (χ0) is 14.1. The van der Waals surface area contributed by atoms with Crippen molar-refractivity contribution in [1.29, 1.82) is 0 Å². The third-order valence-corrected chi connectivity index (χ3v) is 4.34. The lowest BCUT2D eigenvalue weighted by Crippen LogP contribution is -2.35. The fourth-order valence-corrected chi connectivity index (χ4v) is 3.12. The first kappa shape index (κ1) is 16.1. The summed E-state index contributed by atoms with van der Waals surface area (Å²) in [6.07, 6.45) is 2.35. The third-order valence-electron chi connectivity index (χ3n) is 3.60. The van der Waals surface area contributed by atoms with Gasteiger partial charge in [0.15, 0.2) is 0 Å². The maximum atomic E-state index is 12.4. The van der Waals surface area contributed by atoms with Crippen molar-refractivity contribution in [3.8, 4) is 0 Å². The van der Waals surface area contributed by atoms with Crippen molar-refractivity contribution in [3.05, 3.63) is 57.5 Å². The minimum Gasteiger partial charge on any atom is -0.467 e. The molecule has 0 spiro atoms. The molecule has 0 fully saturated rings. The summed E-state index contributed by atoms with van der Waals surface area (Å²) in [7, 11) is 0. The number of halogens is 2. The van der Waals surface area contributed by atoms with E-state index < -0.39 is 0 Å². The van der Waals surface area contributed by atoms with E-state index in [-0.39, 0.29) is 18.3 Å². The van der Waals surface area contributed by atoms with Crippen LogP contribution in [0.1, 0.15) is 27.2 Å². The summed E-state index contributed by atoms with van der Waals surface area (Å²) in [4.78, 5) is 14.3. The van der Waals surface area contributed by atoms with Gasteiger partial charge in [-0.2, -0.15) is 0 Å². The molecule has 2 heterocycles. The van der Waals surface area contributed by atoms with Crippen LogP contribution in [0.5, 0.6) is 0 Å². The van der Waals surface area contributed by atoms with E-state index in [9.17, 15) is 4.79 Å². The molecule has 0 atom stereocenters. The van der Waals surface area contributed by atoms with Gasteiger partial charge in [0.05, 0.1) is 12.1 Å². The molecule has 1 aromatic heterocycles. The summed E-state index contributed by atoms with van der Waals surface area (Å²) in [6.45, 7) is 1.66. The number of fused-ring (bicyclic) bond motifs is 1. The number of nitrogens with zero attached hydrogens (tertiary/aromatic N) is 1. The molecule has 6 heteroatoms. The summed E-state index contributed by atoms with van der Waals surface area (Å²) >= 11 is 3.56. The second-order valence-electron chi connectivity index (χ2n) is 4.86. The van der Waals surface area contributed by atoms with E-state index in [1.165, 1.54) is 17.4 Å². The second-order valence-corrected chi connectivity index (χ2v) is 5.71. The van der Waals surface area contributed by atoms with Crippen molar-refractivity contribution in [1.82, 2.24) is 4.90 Å². The average Bonchev–Trinajstić information content (AvgIpc) is 2.95. The van der Waals surface area contributed by atoms with Crippen LogP contribution < -0.4 is 5.73 Å². The van der Waals surface area contributed by atoms with E-state index in [1.54, 1.807) is 6.07 Å². The minimum absolute atomic E-state index is 0. The Labute approximate surface area is 137 Å². The predicted molar refractivity (Wildman–Crippen MR) is 86.4 cm³/mol. The molecule has 0 radical (unpaired) electrons. The topological polar surface area (TPSA) is 59.5 Å². The van der Waals surface area contributed by atoms with Crippen molar-refractivity contribution >= 4 is 34.2 Å². The highest BCUT2D eigenvalue weighted by atomic mass is 79.9. The van der Waals surface area contributed by atoms with Crippen molar-refractivity contribution in [3.63, 3.8) is 0 Å². The van der Waals surface area contributed by atoms with Gasteiger partial charge >= 0.3 is 0 Å². The number of rotatable bonds is 2. The minimum atomic E-state index is -0.000856. The molecule has 0 bridgehead atoms. The summed E-state index contributed by atoms with van der Waals surface area (Å²) < 4.78 is 6.36. The zero-order valence-corrected chi connectivity index (χ0v) is 13.7. The molecule has 0 saturated heterocycles. The standard InChI is InChI=1S/C15H15BrN2O2.ClH/c16-14-3-1-2-10-8-18(5-4-13(10)14)15(19)11-6-12(7-17)20-9-11;/h1-3,6,9H,4-5,7-8,17H2;1H. The van der Waals surface area contributed by atoms with E-state index in [0.29, 0.717) is 24.4 Å². The molecule has 0 saturated carbocycles. The SMILES string of the molecule is Cl.NCc1cc(C(=O)N2CCc3c(Br)cccc3C2)co1. The number of amides is 1. The normalized spacial score (nSPS) is 13.5. The van der Waals surface area contributed by atoms with Gasteiger partial charge in [0.25, 0.3) is 5.91 Å². The largest absolute Gasteiger partial charge is 0.467 e. The fourth-order valence-electron chi connectivity index (χ4n) is 2.52. The molecule has 2 N–H and O–H groups in total. The fraction of sp³-hybridized carbons (Fsp3) is 0.267. The Morgan fingerprint density at radius 1 is 1.43 bits per heavy atom. The van der Waals surface area contributed by atoms with Gasteiger partial charge < -0.3 is 15.1 Å². The van der Waals surface area contributed by atoms with Gasteiger partial charge in [0.1, 0.15) is 12.0 Å². The summed E-state index contributed by atoms with van der Waals surface area (Å²) in [5.74, 6) is 0.632. The van der Waals surface area contributed by atoms with Crippen LogP contribution in [0.2, 0.25) is 0 Å².